The number of nitrogens with zero attached hydrogens (tertiary/aromatic N) is 2. The number of hydrogen-bond acceptors (Lipinski definition) is 3. The van der Waals surface area contributed by atoms with Crippen LogP contribution in [0.2, 0.25) is 0 Å². The van der Waals surface area contributed by atoms with Crippen molar-refractivity contribution in [3.8, 4) is 0 Å². The molecular formula is C21H33IN4OS. The van der Waals surface area contributed by atoms with Crippen molar-refractivity contribution in [3.05, 3.63) is 35.4 Å². The van der Waals surface area contributed by atoms with Gasteiger partial charge < -0.3 is 15.5 Å². The smallest absolute Gasteiger partial charge is 0.251 e. The van der Waals surface area contributed by atoms with Gasteiger partial charge in [-0.3, -0.25) is 4.79 Å². The summed E-state index contributed by atoms with van der Waals surface area (Å²) in [5.41, 5.74) is 1.75. The third kappa shape index (κ3) is 6.02. The summed E-state index contributed by atoms with van der Waals surface area (Å²) in [5.74, 6) is 2.13. The van der Waals surface area contributed by atoms with Gasteiger partial charge >= 0.3 is 0 Å². The van der Waals surface area contributed by atoms with Crippen LogP contribution in [0.3, 0.4) is 0 Å². The Bertz CT molecular complexity index is 671. The topological polar surface area (TPSA) is 56.7 Å². The molecule has 3 rings (SSSR count). The average Bonchev–Trinajstić information content (AvgIpc) is 2.71. The fraction of sp³-hybridized carbons (Fsp3) is 0.619. The fourth-order valence-electron chi connectivity index (χ4n) is 4.07. The van der Waals surface area contributed by atoms with Crippen LogP contribution in [0.1, 0.15) is 54.9 Å². The lowest BCUT2D eigenvalue weighted by molar-refractivity contribution is 0.0963. The van der Waals surface area contributed by atoms with Crippen molar-refractivity contribution in [2.45, 2.75) is 50.3 Å². The van der Waals surface area contributed by atoms with E-state index in [2.05, 4.69) is 34.2 Å². The predicted octanol–water partition coefficient (Wildman–Crippen LogP) is 3.88. The van der Waals surface area contributed by atoms with E-state index in [0.29, 0.717) is 16.9 Å². The second-order valence-electron chi connectivity index (χ2n) is 7.46. The van der Waals surface area contributed by atoms with Crippen LogP contribution in [0.15, 0.2) is 29.3 Å². The van der Waals surface area contributed by atoms with E-state index in [0.717, 1.165) is 31.2 Å². The highest BCUT2D eigenvalue weighted by atomic mass is 127. The summed E-state index contributed by atoms with van der Waals surface area (Å²) >= 11 is 2.18. The first-order valence-electron chi connectivity index (χ1n) is 10.1. The van der Waals surface area contributed by atoms with Crippen molar-refractivity contribution in [3.63, 3.8) is 0 Å². The molecule has 0 bridgehead atoms. The number of carbonyl (C=O) groups is 1. The average molecular weight is 516 g/mol. The molecule has 1 aromatic rings. The molecule has 2 aliphatic rings. The van der Waals surface area contributed by atoms with Gasteiger partial charge in [-0.2, -0.15) is 11.8 Å². The highest BCUT2D eigenvalue weighted by Gasteiger charge is 2.38. The molecule has 1 amide bonds. The van der Waals surface area contributed by atoms with Crippen LogP contribution in [0.5, 0.6) is 0 Å². The molecule has 1 spiro atoms. The summed E-state index contributed by atoms with van der Waals surface area (Å²) in [5, 5.41) is 6.16. The summed E-state index contributed by atoms with van der Waals surface area (Å²) < 4.78 is 0.422. The maximum atomic E-state index is 11.9. The van der Waals surface area contributed by atoms with Gasteiger partial charge in [0, 0.05) is 42.7 Å². The van der Waals surface area contributed by atoms with Crippen LogP contribution < -0.4 is 10.6 Å². The van der Waals surface area contributed by atoms with E-state index in [1.807, 2.05) is 24.3 Å². The van der Waals surface area contributed by atoms with Crippen LogP contribution >= 0.6 is 35.7 Å². The van der Waals surface area contributed by atoms with Gasteiger partial charge in [0.05, 0.1) is 6.54 Å². The van der Waals surface area contributed by atoms with Gasteiger partial charge in [-0.15, -0.1) is 24.0 Å². The van der Waals surface area contributed by atoms with Gasteiger partial charge in [-0.25, -0.2) is 4.99 Å². The molecule has 0 aromatic heterocycles. The zero-order valence-electron chi connectivity index (χ0n) is 17.0. The Labute approximate surface area is 190 Å². The molecule has 7 heteroatoms. The first kappa shape index (κ1) is 23.3. The molecule has 1 aromatic carbocycles. The minimum atomic E-state index is -0.0555. The largest absolute Gasteiger partial charge is 0.357 e. The van der Waals surface area contributed by atoms with Crippen molar-refractivity contribution < 1.29 is 4.79 Å². The summed E-state index contributed by atoms with van der Waals surface area (Å²) in [6.45, 7) is 5.73. The van der Waals surface area contributed by atoms with E-state index < -0.39 is 0 Å². The zero-order valence-corrected chi connectivity index (χ0v) is 20.1. The zero-order chi connectivity index (χ0) is 19.1. The van der Waals surface area contributed by atoms with E-state index in [9.17, 15) is 4.79 Å². The number of aliphatic imine (C=N–C) groups is 1. The number of amides is 1. The molecule has 2 fully saturated rings. The molecule has 5 nitrogen and oxygen atoms in total. The number of hydrogen-bond donors (Lipinski definition) is 2. The molecule has 1 aliphatic carbocycles. The summed E-state index contributed by atoms with van der Waals surface area (Å²) in [7, 11) is 1.66. The Balaban J connectivity index is 0.00000280. The van der Waals surface area contributed by atoms with E-state index >= 15 is 0 Å². The summed E-state index contributed by atoms with van der Waals surface area (Å²) in [4.78, 5) is 19.2. The molecule has 1 saturated carbocycles. The van der Waals surface area contributed by atoms with Crippen LogP contribution in [0, 0.1) is 0 Å². The van der Waals surface area contributed by atoms with Crippen molar-refractivity contribution in [2.75, 3.05) is 32.4 Å². The van der Waals surface area contributed by atoms with E-state index in [-0.39, 0.29) is 29.9 Å². The highest BCUT2D eigenvalue weighted by Crippen LogP contribution is 2.42. The Kier molecular flexibility index (Phi) is 9.40. The first-order chi connectivity index (χ1) is 13.2. The molecule has 1 heterocycles. The minimum Gasteiger partial charge on any atom is -0.357 e. The number of thioether (sulfide) groups is 1. The second kappa shape index (κ2) is 11.3. The van der Waals surface area contributed by atoms with Crippen LogP contribution in [-0.2, 0) is 6.54 Å². The second-order valence-corrected chi connectivity index (χ2v) is 9.03. The van der Waals surface area contributed by atoms with Gasteiger partial charge in [0.25, 0.3) is 5.91 Å². The predicted molar refractivity (Wildman–Crippen MR) is 130 cm³/mol. The molecule has 0 radical (unpaired) electrons. The van der Waals surface area contributed by atoms with E-state index in [1.165, 1.54) is 37.9 Å². The molecule has 1 aliphatic heterocycles. The third-order valence-electron chi connectivity index (χ3n) is 5.48. The van der Waals surface area contributed by atoms with Gasteiger partial charge in [0.15, 0.2) is 5.96 Å². The fourth-order valence-corrected chi connectivity index (χ4v) is 5.64. The minimum absolute atomic E-state index is 0. The Morgan fingerprint density at radius 1 is 1.29 bits per heavy atom. The number of rotatable bonds is 4. The van der Waals surface area contributed by atoms with E-state index in [4.69, 9.17) is 4.99 Å². The third-order valence-corrected chi connectivity index (χ3v) is 7.01. The maximum absolute atomic E-state index is 11.9. The lowest BCUT2D eigenvalue weighted by Crippen LogP contribution is -2.53. The van der Waals surface area contributed by atoms with Gasteiger partial charge in [-0.1, -0.05) is 31.4 Å². The number of guanidine groups is 1. The molecule has 0 unspecified atom stereocenters. The number of carbonyl (C=O) groups excluding carboxylic acids is 1. The Morgan fingerprint density at radius 3 is 2.79 bits per heavy atom. The first-order valence-corrected chi connectivity index (χ1v) is 11.1. The SMILES string of the molecule is CCNC(=NCc1cccc(C(=O)NC)c1)N1CCSC2(CCCCC2)C1.I. The van der Waals surface area contributed by atoms with E-state index in [1.54, 1.807) is 7.05 Å². The van der Waals surface area contributed by atoms with Crippen molar-refractivity contribution in [1.82, 2.24) is 15.5 Å². The monoisotopic (exact) mass is 516 g/mol. The molecule has 0 atom stereocenters. The van der Waals surface area contributed by atoms with Crippen LogP contribution in [0.25, 0.3) is 0 Å². The maximum Gasteiger partial charge on any atom is 0.251 e. The standard InChI is InChI=1S/C21H32N4OS.HI/c1-3-23-20(24-15-17-8-7-9-18(14-17)19(26)22-2)25-12-13-27-21(16-25)10-5-4-6-11-21;/h7-9,14H,3-6,10-13,15-16H2,1-2H3,(H,22,26)(H,23,24);1H. The van der Waals surface area contributed by atoms with Gasteiger partial charge in [0.2, 0.25) is 0 Å². The van der Waals surface area contributed by atoms with Crippen LogP contribution in [0.4, 0.5) is 0 Å². The van der Waals surface area contributed by atoms with Gasteiger partial charge in [-0.05, 0) is 37.5 Å². The highest BCUT2D eigenvalue weighted by molar-refractivity contribution is 14.0. The molecule has 28 heavy (non-hydrogen) atoms. The normalized spacial score (nSPS) is 19.1. The molecule has 156 valence electrons. The quantitative estimate of drug-likeness (QED) is 0.363. The number of benzene rings is 1. The van der Waals surface area contributed by atoms with Crippen LogP contribution in [-0.4, -0.2) is 53.9 Å². The Hall–Kier alpha value is -0.960. The number of halogens is 1. The van der Waals surface area contributed by atoms with Crippen molar-refractivity contribution in [2.24, 2.45) is 4.99 Å². The number of nitrogens with one attached hydrogen (secondary N) is 2. The van der Waals surface area contributed by atoms with Crippen molar-refractivity contribution >= 4 is 47.6 Å². The van der Waals surface area contributed by atoms with Gasteiger partial charge in [0.1, 0.15) is 0 Å². The van der Waals surface area contributed by atoms with Crippen molar-refractivity contribution in [1.29, 1.82) is 0 Å². The molecule has 2 N–H and O–H groups in total. The lowest BCUT2D eigenvalue weighted by atomic mass is 9.87. The lowest BCUT2D eigenvalue weighted by Gasteiger charge is -2.45. The summed E-state index contributed by atoms with van der Waals surface area (Å²) in [6, 6.07) is 7.73. The Morgan fingerprint density at radius 2 is 2.07 bits per heavy atom. The summed E-state index contributed by atoms with van der Waals surface area (Å²) in [6.07, 6.45) is 6.78. The molecular weight excluding hydrogens is 483 g/mol. The molecule has 1 saturated heterocycles.